The zero-order valence-corrected chi connectivity index (χ0v) is 12.1. The van der Waals surface area contributed by atoms with Crippen molar-refractivity contribution in [2.75, 3.05) is 10.6 Å². The number of hydrogen-bond donors (Lipinski definition) is 3. The Hall–Kier alpha value is -2.24. The number of aromatic hydroxyl groups is 1. The van der Waals surface area contributed by atoms with Gasteiger partial charge in [-0.15, -0.1) is 0 Å². The first kappa shape index (κ1) is 15.2. The molecule has 0 bridgehead atoms. The lowest BCUT2D eigenvalue weighted by Crippen LogP contribution is -2.29. The van der Waals surface area contributed by atoms with Crippen molar-refractivity contribution >= 4 is 46.4 Å². The number of rotatable bonds is 2. The fraction of sp³-hybridized carbons (Fsp3) is 0. The summed E-state index contributed by atoms with van der Waals surface area (Å²) in [5.74, 6) is -1.98. The van der Waals surface area contributed by atoms with Crippen molar-refractivity contribution in [3.63, 3.8) is 0 Å². The van der Waals surface area contributed by atoms with E-state index in [-0.39, 0.29) is 22.1 Å². The minimum atomic E-state index is -0.928. The molecule has 3 N–H and O–H groups in total. The van der Waals surface area contributed by atoms with Gasteiger partial charge in [-0.3, -0.25) is 9.59 Å². The van der Waals surface area contributed by atoms with Crippen molar-refractivity contribution in [2.45, 2.75) is 0 Å². The van der Waals surface area contributed by atoms with Gasteiger partial charge in [0.05, 0.1) is 16.4 Å². The van der Waals surface area contributed by atoms with E-state index in [0.29, 0.717) is 5.02 Å². The number of para-hydroxylation sites is 2. The first-order valence-corrected chi connectivity index (χ1v) is 6.58. The molecule has 108 valence electrons. The molecule has 2 aromatic carbocycles. The Morgan fingerprint density at radius 1 is 0.905 bits per heavy atom. The van der Waals surface area contributed by atoms with E-state index >= 15 is 0 Å². The minimum Gasteiger partial charge on any atom is -0.506 e. The van der Waals surface area contributed by atoms with Crippen LogP contribution in [0, 0.1) is 0 Å². The van der Waals surface area contributed by atoms with E-state index in [1.54, 1.807) is 12.1 Å². The number of phenols is 1. The largest absolute Gasteiger partial charge is 0.506 e. The van der Waals surface area contributed by atoms with Crippen LogP contribution in [0.25, 0.3) is 0 Å². The molecule has 0 atom stereocenters. The van der Waals surface area contributed by atoms with Gasteiger partial charge in [-0.05, 0) is 30.3 Å². The molecule has 0 aliphatic rings. The van der Waals surface area contributed by atoms with Crippen LogP contribution in [0.15, 0.2) is 42.5 Å². The zero-order valence-electron chi connectivity index (χ0n) is 10.6. The number of amides is 2. The van der Waals surface area contributed by atoms with E-state index in [9.17, 15) is 14.7 Å². The van der Waals surface area contributed by atoms with Crippen LogP contribution in [0.3, 0.4) is 0 Å². The first-order valence-electron chi connectivity index (χ1n) is 5.83. The molecular weight excluding hydrogens is 315 g/mol. The van der Waals surface area contributed by atoms with Crippen LogP contribution in [-0.4, -0.2) is 16.9 Å². The number of hydrogen-bond acceptors (Lipinski definition) is 3. The van der Waals surface area contributed by atoms with Crippen LogP contribution >= 0.6 is 23.2 Å². The molecule has 0 saturated carbocycles. The molecule has 2 rings (SSSR count). The van der Waals surface area contributed by atoms with E-state index in [0.717, 1.165) is 0 Å². The second-order valence-corrected chi connectivity index (χ2v) is 4.89. The van der Waals surface area contributed by atoms with Crippen molar-refractivity contribution in [3.8, 4) is 5.75 Å². The van der Waals surface area contributed by atoms with Gasteiger partial charge >= 0.3 is 11.8 Å². The highest BCUT2D eigenvalue weighted by Crippen LogP contribution is 2.25. The maximum atomic E-state index is 11.8. The van der Waals surface area contributed by atoms with Crippen molar-refractivity contribution in [1.29, 1.82) is 0 Å². The number of carbonyl (C=O) groups is 2. The monoisotopic (exact) mass is 324 g/mol. The molecule has 0 aliphatic heterocycles. The average Bonchev–Trinajstić information content (AvgIpc) is 2.44. The quantitative estimate of drug-likeness (QED) is 0.586. The van der Waals surface area contributed by atoms with Crippen molar-refractivity contribution in [2.24, 2.45) is 0 Å². The highest BCUT2D eigenvalue weighted by Gasteiger charge is 2.16. The summed E-state index contributed by atoms with van der Waals surface area (Å²) >= 11 is 11.6. The molecule has 0 radical (unpaired) electrons. The van der Waals surface area contributed by atoms with Gasteiger partial charge in [0.25, 0.3) is 0 Å². The summed E-state index contributed by atoms with van der Waals surface area (Å²) in [7, 11) is 0. The molecule has 0 aromatic heterocycles. The lowest BCUT2D eigenvalue weighted by Gasteiger charge is -2.09. The maximum Gasteiger partial charge on any atom is 0.314 e. The van der Waals surface area contributed by atoms with Crippen LogP contribution < -0.4 is 10.6 Å². The second-order valence-electron chi connectivity index (χ2n) is 4.05. The highest BCUT2D eigenvalue weighted by atomic mass is 35.5. The molecule has 0 fully saturated rings. The standard InChI is InChI=1S/C14H10Cl2N2O3/c15-8-5-6-10(9(16)7-8)17-13(20)14(21)18-11-3-1-2-4-12(11)19/h1-7,19H,(H,17,20)(H,18,21). The summed E-state index contributed by atoms with van der Waals surface area (Å²) in [6, 6.07) is 10.5. The molecular formula is C14H10Cl2N2O3. The molecule has 21 heavy (non-hydrogen) atoms. The summed E-state index contributed by atoms with van der Waals surface area (Å²) < 4.78 is 0. The predicted molar refractivity (Wildman–Crippen MR) is 81.8 cm³/mol. The van der Waals surface area contributed by atoms with Gasteiger partial charge in [-0.25, -0.2) is 0 Å². The van der Waals surface area contributed by atoms with E-state index in [2.05, 4.69) is 10.6 Å². The number of phenolic OH excluding ortho intramolecular Hbond substituents is 1. The normalized spacial score (nSPS) is 10.0. The number of halogens is 2. The Bertz CT molecular complexity index is 704. The molecule has 7 heteroatoms. The Morgan fingerprint density at radius 3 is 2.14 bits per heavy atom. The van der Waals surface area contributed by atoms with Gasteiger partial charge in [0, 0.05) is 5.02 Å². The minimum absolute atomic E-state index is 0.136. The van der Waals surface area contributed by atoms with Gasteiger partial charge in [0.1, 0.15) is 5.75 Å². The van der Waals surface area contributed by atoms with Crippen molar-refractivity contribution < 1.29 is 14.7 Å². The SMILES string of the molecule is O=C(Nc1ccccc1O)C(=O)Nc1ccc(Cl)cc1Cl. The van der Waals surface area contributed by atoms with Crippen LogP contribution in [0.4, 0.5) is 11.4 Å². The van der Waals surface area contributed by atoms with Crippen LogP contribution in [0.1, 0.15) is 0 Å². The van der Waals surface area contributed by atoms with Crippen molar-refractivity contribution in [1.82, 2.24) is 0 Å². The molecule has 0 aliphatic carbocycles. The number of benzene rings is 2. The smallest absolute Gasteiger partial charge is 0.314 e. The number of nitrogens with one attached hydrogen (secondary N) is 2. The summed E-state index contributed by atoms with van der Waals surface area (Å²) in [6.07, 6.45) is 0. The summed E-state index contributed by atoms with van der Waals surface area (Å²) in [5, 5.41) is 14.8. The van der Waals surface area contributed by atoms with Crippen LogP contribution in [0.2, 0.25) is 10.0 Å². The second kappa shape index (κ2) is 6.47. The fourth-order valence-electron chi connectivity index (χ4n) is 1.53. The molecule has 5 nitrogen and oxygen atoms in total. The summed E-state index contributed by atoms with van der Waals surface area (Å²) in [5.41, 5.74) is 0.401. The Balaban J connectivity index is 2.06. The molecule has 2 aromatic rings. The summed E-state index contributed by atoms with van der Waals surface area (Å²) in [4.78, 5) is 23.5. The topological polar surface area (TPSA) is 78.4 Å². The molecule has 0 heterocycles. The third kappa shape index (κ3) is 3.87. The van der Waals surface area contributed by atoms with Gasteiger partial charge in [-0.1, -0.05) is 35.3 Å². The zero-order chi connectivity index (χ0) is 15.4. The van der Waals surface area contributed by atoms with E-state index in [1.807, 2.05) is 0 Å². The third-order valence-electron chi connectivity index (χ3n) is 2.54. The lowest BCUT2D eigenvalue weighted by atomic mass is 10.3. The summed E-state index contributed by atoms with van der Waals surface area (Å²) in [6.45, 7) is 0. The molecule has 0 spiro atoms. The molecule has 2 amide bonds. The fourth-order valence-corrected chi connectivity index (χ4v) is 1.98. The third-order valence-corrected chi connectivity index (χ3v) is 3.09. The van der Waals surface area contributed by atoms with E-state index in [4.69, 9.17) is 23.2 Å². The highest BCUT2D eigenvalue weighted by molar-refractivity contribution is 6.45. The van der Waals surface area contributed by atoms with Crippen LogP contribution in [0.5, 0.6) is 5.75 Å². The Morgan fingerprint density at radius 2 is 1.52 bits per heavy atom. The molecule has 0 unspecified atom stereocenters. The van der Waals surface area contributed by atoms with Crippen molar-refractivity contribution in [3.05, 3.63) is 52.5 Å². The van der Waals surface area contributed by atoms with Gasteiger partial charge in [0.2, 0.25) is 0 Å². The maximum absolute atomic E-state index is 11.8. The molecule has 0 saturated heterocycles. The predicted octanol–water partition coefficient (Wildman–Crippen LogP) is 3.28. The van der Waals surface area contributed by atoms with E-state index in [1.165, 1.54) is 30.3 Å². The lowest BCUT2D eigenvalue weighted by molar-refractivity contribution is -0.133. The first-order chi connectivity index (χ1) is 9.97. The van der Waals surface area contributed by atoms with E-state index < -0.39 is 11.8 Å². The van der Waals surface area contributed by atoms with Gasteiger partial charge in [0.15, 0.2) is 0 Å². The average molecular weight is 325 g/mol. The number of anilines is 2. The number of carbonyl (C=O) groups excluding carboxylic acids is 2. The van der Waals surface area contributed by atoms with Crippen LogP contribution in [-0.2, 0) is 9.59 Å². The Kier molecular flexibility index (Phi) is 4.67. The Labute approximate surface area is 130 Å². The van der Waals surface area contributed by atoms with Gasteiger partial charge in [-0.2, -0.15) is 0 Å². The van der Waals surface area contributed by atoms with Gasteiger partial charge < -0.3 is 15.7 Å².